The SMILES string of the molecule is C=CCN(CCO)Cc1c(C)nn(Cc2ccc(Cl)cc2)c1C. The fourth-order valence-electron chi connectivity index (χ4n) is 2.66. The summed E-state index contributed by atoms with van der Waals surface area (Å²) in [7, 11) is 0. The quantitative estimate of drug-likeness (QED) is 0.754. The van der Waals surface area contributed by atoms with Crippen LogP contribution < -0.4 is 0 Å². The zero-order valence-corrected chi connectivity index (χ0v) is 14.6. The van der Waals surface area contributed by atoms with Crippen LogP contribution in [0.1, 0.15) is 22.5 Å². The Bertz CT molecular complexity index is 649. The van der Waals surface area contributed by atoms with Crippen molar-refractivity contribution < 1.29 is 5.11 Å². The lowest BCUT2D eigenvalue weighted by Gasteiger charge is -2.19. The second kappa shape index (κ2) is 8.29. The average molecular weight is 334 g/mol. The predicted octanol–water partition coefficient (Wildman–Crippen LogP) is 3.18. The molecular formula is C18H24ClN3O. The van der Waals surface area contributed by atoms with E-state index in [9.17, 15) is 5.11 Å². The van der Waals surface area contributed by atoms with Crippen molar-refractivity contribution >= 4 is 11.6 Å². The number of rotatable bonds is 8. The highest BCUT2D eigenvalue weighted by Gasteiger charge is 2.14. The molecule has 1 aromatic carbocycles. The topological polar surface area (TPSA) is 41.3 Å². The summed E-state index contributed by atoms with van der Waals surface area (Å²) in [5, 5.41) is 14.6. The van der Waals surface area contributed by atoms with Gasteiger partial charge in [0, 0.05) is 35.9 Å². The molecule has 0 aliphatic carbocycles. The van der Waals surface area contributed by atoms with E-state index in [4.69, 9.17) is 11.6 Å². The van der Waals surface area contributed by atoms with E-state index in [0.29, 0.717) is 6.54 Å². The molecule has 0 fully saturated rings. The number of hydrogen-bond acceptors (Lipinski definition) is 3. The van der Waals surface area contributed by atoms with Gasteiger partial charge >= 0.3 is 0 Å². The third-order valence-electron chi connectivity index (χ3n) is 3.96. The van der Waals surface area contributed by atoms with Gasteiger partial charge in [-0.25, -0.2) is 0 Å². The number of nitrogens with zero attached hydrogens (tertiary/aromatic N) is 3. The molecule has 0 aliphatic heterocycles. The summed E-state index contributed by atoms with van der Waals surface area (Å²) in [6.07, 6.45) is 1.86. The summed E-state index contributed by atoms with van der Waals surface area (Å²) in [6, 6.07) is 7.84. The molecule has 0 saturated heterocycles. The zero-order chi connectivity index (χ0) is 16.8. The highest BCUT2D eigenvalue weighted by atomic mass is 35.5. The molecule has 0 aliphatic rings. The minimum atomic E-state index is 0.144. The van der Waals surface area contributed by atoms with Gasteiger partial charge in [0.25, 0.3) is 0 Å². The first kappa shape index (κ1) is 17.7. The van der Waals surface area contributed by atoms with Gasteiger partial charge in [0.05, 0.1) is 18.8 Å². The summed E-state index contributed by atoms with van der Waals surface area (Å²) in [4.78, 5) is 2.16. The van der Waals surface area contributed by atoms with Crippen molar-refractivity contribution in [2.45, 2.75) is 26.9 Å². The fourth-order valence-corrected chi connectivity index (χ4v) is 2.79. The second-order valence-corrected chi connectivity index (χ2v) is 6.12. The lowest BCUT2D eigenvalue weighted by atomic mass is 10.1. The Hall–Kier alpha value is -1.62. The Labute approximate surface area is 143 Å². The first-order chi connectivity index (χ1) is 11.0. The average Bonchev–Trinajstić information content (AvgIpc) is 2.78. The first-order valence-corrected chi connectivity index (χ1v) is 8.14. The summed E-state index contributed by atoms with van der Waals surface area (Å²) < 4.78 is 2.03. The minimum absolute atomic E-state index is 0.144. The molecule has 2 aromatic rings. The first-order valence-electron chi connectivity index (χ1n) is 7.76. The van der Waals surface area contributed by atoms with E-state index >= 15 is 0 Å². The van der Waals surface area contributed by atoms with Crippen molar-refractivity contribution in [3.63, 3.8) is 0 Å². The van der Waals surface area contributed by atoms with Gasteiger partial charge in [-0.2, -0.15) is 5.10 Å². The van der Waals surface area contributed by atoms with E-state index in [1.807, 2.05) is 41.9 Å². The van der Waals surface area contributed by atoms with E-state index in [-0.39, 0.29) is 6.61 Å². The number of benzene rings is 1. The maximum atomic E-state index is 9.19. The van der Waals surface area contributed by atoms with Crippen molar-refractivity contribution in [3.05, 3.63) is 64.5 Å². The molecule has 5 heteroatoms. The van der Waals surface area contributed by atoms with E-state index in [1.165, 1.54) is 11.1 Å². The Morgan fingerprint density at radius 3 is 2.61 bits per heavy atom. The van der Waals surface area contributed by atoms with Gasteiger partial charge in [0.2, 0.25) is 0 Å². The number of aliphatic hydroxyl groups excluding tert-OH is 1. The third-order valence-corrected chi connectivity index (χ3v) is 4.21. The van der Waals surface area contributed by atoms with Crippen LogP contribution in [0.15, 0.2) is 36.9 Å². The largest absolute Gasteiger partial charge is 0.395 e. The zero-order valence-electron chi connectivity index (χ0n) is 13.8. The van der Waals surface area contributed by atoms with Crippen LogP contribution in [0.25, 0.3) is 0 Å². The van der Waals surface area contributed by atoms with Crippen LogP contribution in [0, 0.1) is 13.8 Å². The van der Waals surface area contributed by atoms with Crippen molar-refractivity contribution in [3.8, 4) is 0 Å². The van der Waals surface area contributed by atoms with Crippen LogP contribution in [0.5, 0.6) is 0 Å². The van der Waals surface area contributed by atoms with Gasteiger partial charge in [0.15, 0.2) is 0 Å². The summed E-state index contributed by atoms with van der Waals surface area (Å²) in [5.74, 6) is 0. The van der Waals surface area contributed by atoms with Crippen molar-refractivity contribution in [1.82, 2.24) is 14.7 Å². The van der Waals surface area contributed by atoms with Gasteiger partial charge in [-0.05, 0) is 31.5 Å². The lowest BCUT2D eigenvalue weighted by molar-refractivity contribution is 0.203. The van der Waals surface area contributed by atoms with E-state index < -0.39 is 0 Å². The molecule has 1 N–H and O–H groups in total. The van der Waals surface area contributed by atoms with Gasteiger partial charge in [-0.3, -0.25) is 9.58 Å². The van der Waals surface area contributed by atoms with Crippen molar-refractivity contribution in [2.24, 2.45) is 0 Å². The third kappa shape index (κ3) is 4.67. The molecule has 0 saturated carbocycles. The maximum Gasteiger partial charge on any atom is 0.0662 e. The van der Waals surface area contributed by atoms with Crippen LogP contribution in [-0.4, -0.2) is 39.5 Å². The summed E-state index contributed by atoms with van der Waals surface area (Å²) in [5.41, 5.74) is 4.58. The van der Waals surface area contributed by atoms with E-state index in [0.717, 1.165) is 36.0 Å². The van der Waals surface area contributed by atoms with E-state index in [2.05, 4.69) is 23.5 Å². The number of aliphatic hydroxyl groups is 1. The second-order valence-electron chi connectivity index (χ2n) is 5.68. The summed E-state index contributed by atoms with van der Waals surface area (Å²) >= 11 is 5.94. The van der Waals surface area contributed by atoms with Crippen LogP contribution in [0.3, 0.4) is 0 Å². The molecule has 0 unspecified atom stereocenters. The number of aryl methyl sites for hydroxylation is 1. The van der Waals surface area contributed by atoms with E-state index in [1.54, 1.807) is 0 Å². The predicted molar refractivity (Wildman–Crippen MR) is 94.8 cm³/mol. The molecule has 1 heterocycles. The van der Waals surface area contributed by atoms with Crippen LogP contribution in [0.2, 0.25) is 5.02 Å². The standard InChI is InChI=1S/C18H24ClN3O/c1-4-9-21(10-11-23)13-18-14(2)20-22(15(18)3)12-16-5-7-17(19)8-6-16/h4-8,23H,1,9-13H2,2-3H3. The summed E-state index contributed by atoms with van der Waals surface area (Å²) in [6.45, 7) is 10.9. The smallest absolute Gasteiger partial charge is 0.0662 e. The molecule has 0 atom stereocenters. The molecule has 124 valence electrons. The minimum Gasteiger partial charge on any atom is -0.395 e. The molecular weight excluding hydrogens is 310 g/mol. The highest BCUT2D eigenvalue weighted by Crippen LogP contribution is 2.18. The van der Waals surface area contributed by atoms with Gasteiger partial charge < -0.3 is 5.11 Å². The molecule has 2 rings (SSSR count). The number of hydrogen-bond donors (Lipinski definition) is 1. The molecule has 0 amide bonds. The monoisotopic (exact) mass is 333 g/mol. The van der Waals surface area contributed by atoms with Gasteiger partial charge in [-0.15, -0.1) is 6.58 Å². The molecule has 0 spiro atoms. The molecule has 4 nitrogen and oxygen atoms in total. The Balaban J connectivity index is 2.17. The highest BCUT2D eigenvalue weighted by molar-refractivity contribution is 6.30. The molecule has 1 aromatic heterocycles. The van der Waals surface area contributed by atoms with Crippen molar-refractivity contribution in [1.29, 1.82) is 0 Å². The van der Waals surface area contributed by atoms with Crippen molar-refractivity contribution in [2.75, 3.05) is 19.7 Å². The maximum absolute atomic E-state index is 9.19. The van der Waals surface area contributed by atoms with Crippen LogP contribution in [0.4, 0.5) is 0 Å². The normalized spacial score (nSPS) is 11.2. The van der Waals surface area contributed by atoms with Gasteiger partial charge in [-0.1, -0.05) is 29.8 Å². The molecule has 0 radical (unpaired) electrons. The Morgan fingerprint density at radius 1 is 1.30 bits per heavy atom. The number of halogens is 1. The van der Waals surface area contributed by atoms with Crippen LogP contribution in [-0.2, 0) is 13.1 Å². The van der Waals surface area contributed by atoms with Gasteiger partial charge in [0.1, 0.15) is 0 Å². The van der Waals surface area contributed by atoms with Crippen LogP contribution >= 0.6 is 11.6 Å². The number of aromatic nitrogens is 2. The Kier molecular flexibility index (Phi) is 6.39. The fraction of sp³-hybridized carbons (Fsp3) is 0.389. The lowest BCUT2D eigenvalue weighted by Crippen LogP contribution is -2.27. The molecule has 0 bridgehead atoms. The molecule has 23 heavy (non-hydrogen) atoms. The Morgan fingerprint density at radius 2 is 2.00 bits per heavy atom.